The molecule has 0 atom stereocenters. The third-order valence-corrected chi connectivity index (χ3v) is 4.72. The van der Waals surface area contributed by atoms with Crippen LogP contribution in [0.25, 0.3) is 5.57 Å². The monoisotopic (exact) mass is 522 g/mol. The van der Waals surface area contributed by atoms with E-state index in [1.165, 1.54) is 24.3 Å². The van der Waals surface area contributed by atoms with Gasteiger partial charge in [-0.1, -0.05) is 29.3 Å². The summed E-state index contributed by atoms with van der Waals surface area (Å²) in [6.45, 7) is 5.09. The van der Waals surface area contributed by atoms with E-state index in [2.05, 4.69) is 15.9 Å². The van der Waals surface area contributed by atoms with Gasteiger partial charge in [-0.25, -0.2) is 4.79 Å². The predicted molar refractivity (Wildman–Crippen MR) is 114 cm³/mol. The van der Waals surface area contributed by atoms with Crippen molar-refractivity contribution in [2.24, 2.45) is 0 Å². The largest absolute Gasteiger partial charge is 0.456 e. The number of halogens is 6. The number of carbonyl (C=O) groups excluding carboxylic acids is 2. The Balaban J connectivity index is 2.43. The number of ketones is 1. The Morgan fingerprint density at radius 2 is 1.53 bits per heavy atom. The lowest BCUT2D eigenvalue weighted by Crippen LogP contribution is -2.24. The van der Waals surface area contributed by atoms with Crippen LogP contribution in [0, 0.1) is 0 Å². The molecule has 2 aromatic carbocycles. The number of benzene rings is 2. The van der Waals surface area contributed by atoms with Crippen LogP contribution in [0.3, 0.4) is 0 Å². The SMILES string of the molecule is CC(C)(C)OC(=O)c1ccc(C(=O)/C=C(/c2cc(Cl)cc(Cl)c2)C(F)(F)F)cc1Br. The van der Waals surface area contributed by atoms with Gasteiger partial charge in [-0.2, -0.15) is 13.2 Å². The van der Waals surface area contributed by atoms with E-state index in [9.17, 15) is 22.8 Å². The summed E-state index contributed by atoms with van der Waals surface area (Å²) in [4.78, 5) is 24.7. The van der Waals surface area contributed by atoms with Crippen molar-refractivity contribution in [3.05, 3.63) is 73.7 Å². The van der Waals surface area contributed by atoms with Gasteiger partial charge >= 0.3 is 12.1 Å². The lowest BCUT2D eigenvalue weighted by atomic mass is 10.0. The summed E-state index contributed by atoms with van der Waals surface area (Å²) in [7, 11) is 0. The van der Waals surface area contributed by atoms with Crippen molar-refractivity contribution < 1.29 is 27.5 Å². The van der Waals surface area contributed by atoms with Gasteiger partial charge in [0.25, 0.3) is 0 Å². The van der Waals surface area contributed by atoms with Gasteiger partial charge in [-0.3, -0.25) is 4.79 Å². The topological polar surface area (TPSA) is 43.4 Å². The first-order chi connectivity index (χ1) is 13.7. The molecule has 0 spiro atoms. The summed E-state index contributed by atoms with van der Waals surface area (Å²) in [5.41, 5.74) is -2.16. The van der Waals surface area contributed by atoms with Crippen LogP contribution in [-0.4, -0.2) is 23.5 Å². The maximum absolute atomic E-state index is 13.6. The summed E-state index contributed by atoms with van der Waals surface area (Å²) < 4.78 is 46.2. The number of esters is 1. The number of rotatable bonds is 4. The molecule has 30 heavy (non-hydrogen) atoms. The Hall–Kier alpha value is -1.83. The fourth-order valence-electron chi connectivity index (χ4n) is 2.42. The van der Waals surface area contributed by atoms with Crippen molar-refractivity contribution in [3.8, 4) is 0 Å². The van der Waals surface area contributed by atoms with Crippen molar-refractivity contribution in [2.45, 2.75) is 32.5 Å². The second-order valence-corrected chi connectivity index (χ2v) is 9.00. The van der Waals surface area contributed by atoms with Gasteiger partial charge in [0.1, 0.15) is 5.60 Å². The molecule has 160 valence electrons. The summed E-state index contributed by atoms with van der Waals surface area (Å²) in [6, 6.07) is 7.25. The van der Waals surface area contributed by atoms with Crippen LogP contribution in [-0.2, 0) is 4.74 Å². The molecule has 0 aliphatic rings. The summed E-state index contributed by atoms with van der Waals surface area (Å²) in [6.07, 6.45) is -4.35. The Bertz CT molecular complexity index is 1000. The number of carbonyl (C=O) groups is 2. The molecule has 0 saturated carbocycles. The van der Waals surface area contributed by atoms with Gasteiger partial charge in [0, 0.05) is 20.1 Å². The summed E-state index contributed by atoms with van der Waals surface area (Å²) in [5, 5.41) is 0.00844. The minimum atomic E-state index is -4.82. The molecule has 0 fully saturated rings. The number of hydrogen-bond donors (Lipinski definition) is 0. The highest BCUT2D eigenvalue weighted by Crippen LogP contribution is 2.36. The third kappa shape index (κ3) is 6.59. The molecular weight excluding hydrogens is 508 g/mol. The third-order valence-electron chi connectivity index (χ3n) is 3.63. The van der Waals surface area contributed by atoms with E-state index in [0.717, 1.165) is 12.1 Å². The van der Waals surface area contributed by atoms with Gasteiger partial charge in [-0.15, -0.1) is 0 Å². The van der Waals surface area contributed by atoms with Crippen LogP contribution in [0.15, 0.2) is 46.9 Å². The zero-order chi connectivity index (χ0) is 22.9. The first kappa shape index (κ1) is 24.4. The molecule has 0 bridgehead atoms. The van der Waals surface area contributed by atoms with Gasteiger partial charge in [0.05, 0.1) is 11.1 Å². The molecule has 0 heterocycles. The zero-order valence-corrected chi connectivity index (χ0v) is 19.1. The van der Waals surface area contributed by atoms with Gasteiger partial charge in [0.2, 0.25) is 0 Å². The van der Waals surface area contributed by atoms with E-state index in [1.54, 1.807) is 20.8 Å². The summed E-state index contributed by atoms with van der Waals surface area (Å²) >= 11 is 14.8. The number of hydrogen-bond acceptors (Lipinski definition) is 3. The van der Waals surface area contributed by atoms with E-state index in [1.807, 2.05) is 0 Å². The molecule has 9 heteroatoms. The Kier molecular flexibility index (Phi) is 7.43. The predicted octanol–water partition coefficient (Wildman–Crippen LogP) is 7.54. The van der Waals surface area contributed by atoms with Crippen molar-refractivity contribution in [2.75, 3.05) is 0 Å². The van der Waals surface area contributed by atoms with Gasteiger partial charge < -0.3 is 4.74 Å². The second kappa shape index (κ2) is 9.12. The second-order valence-electron chi connectivity index (χ2n) is 7.27. The lowest BCUT2D eigenvalue weighted by molar-refractivity contribution is -0.0689. The molecule has 0 amide bonds. The highest BCUT2D eigenvalue weighted by atomic mass is 79.9. The molecule has 2 aromatic rings. The van der Waals surface area contributed by atoms with E-state index < -0.39 is 29.1 Å². The fraction of sp³-hybridized carbons (Fsp3) is 0.238. The number of allylic oxidation sites excluding steroid dienone is 2. The van der Waals surface area contributed by atoms with Crippen LogP contribution in [0.2, 0.25) is 10.0 Å². The van der Waals surface area contributed by atoms with Crippen LogP contribution in [0.1, 0.15) is 47.1 Å². The average molecular weight is 524 g/mol. The molecule has 0 aliphatic heterocycles. The normalized spacial score (nSPS) is 12.6. The molecule has 3 nitrogen and oxygen atoms in total. The number of ether oxygens (including phenoxy) is 1. The molecular formula is C21H16BrCl2F3O3. The van der Waals surface area contributed by atoms with E-state index in [4.69, 9.17) is 27.9 Å². The van der Waals surface area contributed by atoms with Crippen molar-refractivity contribution in [1.29, 1.82) is 0 Å². The Morgan fingerprint density at radius 1 is 0.967 bits per heavy atom. The average Bonchev–Trinajstić information content (AvgIpc) is 2.55. The van der Waals surface area contributed by atoms with Crippen molar-refractivity contribution in [1.82, 2.24) is 0 Å². The molecule has 0 aliphatic carbocycles. The molecule has 0 saturated heterocycles. The highest BCUT2D eigenvalue weighted by molar-refractivity contribution is 9.10. The first-order valence-electron chi connectivity index (χ1n) is 8.50. The van der Waals surface area contributed by atoms with E-state index in [-0.39, 0.29) is 31.2 Å². The van der Waals surface area contributed by atoms with Crippen molar-refractivity contribution >= 4 is 56.5 Å². The summed E-state index contributed by atoms with van der Waals surface area (Å²) in [5.74, 6) is -1.54. The highest BCUT2D eigenvalue weighted by Gasteiger charge is 2.35. The van der Waals surface area contributed by atoms with Crippen LogP contribution in [0.5, 0.6) is 0 Å². The van der Waals surface area contributed by atoms with Gasteiger partial charge in [0.15, 0.2) is 5.78 Å². The number of alkyl halides is 3. The molecule has 0 radical (unpaired) electrons. The standard InChI is InChI=1S/C21H16BrCl2F3O3/c1-20(2,3)30-19(29)15-5-4-11(8-17(15)22)18(28)10-16(21(25,26)27)12-6-13(23)9-14(24)7-12/h4-10H,1-3H3/b16-10-. The maximum atomic E-state index is 13.6. The van der Waals surface area contributed by atoms with Crippen molar-refractivity contribution in [3.63, 3.8) is 0 Å². The smallest absolute Gasteiger partial charge is 0.417 e. The zero-order valence-electron chi connectivity index (χ0n) is 16.0. The van der Waals surface area contributed by atoms with Crippen LogP contribution >= 0.6 is 39.1 Å². The molecule has 0 N–H and O–H groups in total. The molecule has 0 unspecified atom stereocenters. The van der Waals surface area contributed by atoms with E-state index in [0.29, 0.717) is 6.08 Å². The van der Waals surface area contributed by atoms with Gasteiger partial charge in [-0.05, 0) is 78.7 Å². The quantitative estimate of drug-likeness (QED) is 0.236. The maximum Gasteiger partial charge on any atom is 0.417 e. The lowest BCUT2D eigenvalue weighted by Gasteiger charge is -2.20. The Labute approximate surface area is 189 Å². The van der Waals surface area contributed by atoms with Crippen LogP contribution in [0.4, 0.5) is 13.2 Å². The Morgan fingerprint density at radius 3 is 2.00 bits per heavy atom. The molecule has 2 rings (SSSR count). The molecule has 0 aromatic heterocycles. The minimum Gasteiger partial charge on any atom is -0.456 e. The van der Waals surface area contributed by atoms with E-state index >= 15 is 0 Å². The minimum absolute atomic E-state index is 0.00422. The first-order valence-corrected chi connectivity index (χ1v) is 10.0. The van der Waals surface area contributed by atoms with Crippen LogP contribution < -0.4 is 0 Å². The fourth-order valence-corrected chi connectivity index (χ4v) is 3.49.